The number of fused-ring (bicyclic) bond motifs is 1. The molecule has 138 valence electrons. The third-order valence-corrected chi connectivity index (χ3v) is 4.78. The van der Waals surface area contributed by atoms with Crippen LogP contribution in [0.3, 0.4) is 0 Å². The van der Waals surface area contributed by atoms with Crippen LogP contribution in [-0.4, -0.2) is 39.6 Å². The summed E-state index contributed by atoms with van der Waals surface area (Å²) >= 11 is 0. The van der Waals surface area contributed by atoms with Crippen LogP contribution >= 0.6 is 0 Å². The van der Waals surface area contributed by atoms with E-state index in [1.165, 1.54) is 6.20 Å². The zero-order chi connectivity index (χ0) is 19.4. The number of pyridine rings is 1. The molecule has 4 N–H and O–H groups in total. The van der Waals surface area contributed by atoms with Gasteiger partial charge >= 0.3 is 0 Å². The molecule has 6 heteroatoms. The number of likely N-dealkylation sites (tertiary alicyclic amines) is 1. The van der Waals surface area contributed by atoms with Crippen LogP contribution in [-0.2, 0) is 0 Å². The molecular formula is C21H23N5O. The Hall–Kier alpha value is -3.41. The predicted molar refractivity (Wildman–Crippen MR) is 110 cm³/mol. The Morgan fingerprint density at radius 3 is 2.89 bits per heavy atom. The molecule has 0 aliphatic carbocycles. The molecule has 0 bridgehead atoms. The van der Waals surface area contributed by atoms with E-state index >= 15 is 0 Å². The lowest BCUT2D eigenvalue weighted by atomic mass is 9.93. The van der Waals surface area contributed by atoms with Gasteiger partial charge in [-0.2, -0.15) is 0 Å². The number of H-pyrrole nitrogens is 1. The van der Waals surface area contributed by atoms with Crippen molar-refractivity contribution in [2.24, 2.45) is 5.73 Å². The quantitative estimate of drug-likeness (QED) is 0.543. The summed E-state index contributed by atoms with van der Waals surface area (Å²) in [5.41, 5.74) is 8.87. The highest BCUT2D eigenvalue weighted by Crippen LogP contribution is 2.29. The highest BCUT2D eigenvalue weighted by atomic mass is 16.2. The lowest BCUT2D eigenvalue weighted by Gasteiger charge is -2.41. The number of hydrogen-bond acceptors (Lipinski definition) is 4. The number of carbonyl (C=O) groups is 1. The molecule has 1 aliphatic heterocycles. The number of aromatic amines is 1. The summed E-state index contributed by atoms with van der Waals surface area (Å²) in [5, 5.41) is 8.15. The molecule has 0 spiro atoms. The summed E-state index contributed by atoms with van der Waals surface area (Å²) in [6.07, 6.45) is 12.8. The second-order valence-corrected chi connectivity index (χ2v) is 6.26. The van der Waals surface area contributed by atoms with Gasteiger partial charge in [0.2, 0.25) is 0 Å². The fourth-order valence-corrected chi connectivity index (χ4v) is 3.20. The zero-order valence-corrected chi connectivity index (χ0v) is 15.3. The molecule has 0 radical (unpaired) electrons. The Labute approximate surface area is 158 Å². The van der Waals surface area contributed by atoms with E-state index in [0.717, 1.165) is 30.1 Å². The molecule has 0 saturated carbocycles. The summed E-state index contributed by atoms with van der Waals surface area (Å²) in [5.74, 6) is -0.0260. The van der Waals surface area contributed by atoms with E-state index in [-0.39, 0.29) is 11.9 Å². The molecule has 1 atom stereocenters. The van der Waals surface area contributed by atoms with E-state index in [4.69, 9.17) is 11.1 Å². The van der Waals surface area contributed by atoms with Gasteiger partial charge in [0.25, 0.3) is 5.91 Å². The van der Waals surface area contributed by atoms with Gasteiger partial charge < -0.3 is 21.0 Å². The maximum atomic E-state index is 13.1. The van der Waals surface area contributed by atoms with Gasteiger partial charge in [0.15, 0.2) is 0 Å². The number of carbonyl (C=O) groups excluding carboxylic acids is 1. The number of nitrogens with zero attached hydrogens (tertiary/aromatic N) is 2. The van der Waals surface area contributed by atoms with E-state index in [1.807, 2.05) is 42.2 Å². The summed E-state index contributed by atoms with van der Waals surface area (Å²) in [7, 11) is 0. The SMILES string of the molecule is C=C/C(=C\C=C/C)C1CCN1C(=O)c1c[nH]c2nc(C(C=N)=CN)ccc12. The molecule has 1 unspecified atom stereocenters. The topological polar surface area (TPSA) is 98.9 Å². The van der Waals surface area contributed by atoms with Crippen LogP contribution in [0.4, 0.5) is 0 Å². The maximum Gasteiger partial charge on any atom is 0.256 e. The fraction of sp³-hybridized carbons (Fsp3) is 0.190. The first kappa shape index (κ1) is 18.4. The minimum atomic E-state index is -0.0260. The van der Waals surface area contributed by atoms with Crippen molar-refractivity contribution in [3.63, 3.8) is 0 Å². The van der Waals surface area contributed by atoms with E-state index in [9.17, 15) is 4.79 Å². The predicted octanol–water partition coefficient (Wildman–Crippen LogP) is 3.42. The highest BCUT2D eigenvalue weighted by Gasteiger charge is 2.35. The van der Waals surface area contributed by atoms with Gasteiger partial charge in [-0.3, -0.25) is 4.79 Å². The molecular weight excluding hydrogens is 338 g/mol. The van der Waals surface area contributed by atoms with Gasteiger partial charge in [0.05, 0.1) is 17.3 Å². The molecule has 3 rings (SSSR count). The van der Waals surface area contributed by atoms with Gasteiger partial charge in [-0.15, -0.1) is 0 Å². The minimum absolute atomic E-state index is 0.0260. The van der Waals surface area contributed by atoms with Crippen molar-refractivity contribution in [2.45, 2.75) is 19.4 Å². The normalized spacial score (nSPS) is 18.0. The Balaban J connectivity index is 1.90. The van der Waals surface area contributed by atoms with Crippen molar-refractivity contribution in [1.82, 2.24) is 14.9 Å². The van der Waals surface area contributed by atoms with Crippen LogP contribution < -0.4 is 5.73 Å². The molecule has 1 amide bonds. The molecule has 6 nitrogen and oxygen atoms in total. The van der Waals surface area contributed by atoms with Crippen LogP contribution in [0.2, 0.25) is 0 Å². The number of hydrogen-bond donors (Lipinski definition) is 3. The summed E-state index contributed by atoms with van der Waals surface area (Å²) in [6, 6.07) is 3.66. The molecule has 1 aliphatic rings. The van der Waals surface area contributed by atoms with Gasteiger partial charge in [-0.25, -0.2) is 4.98 Å². The highest BCUT2D eigenvalue weighted by molar-refractivity contribution is 6.09. The van der Waals surface area contributed by atoms with E-state index in [1.54, 1.807) is 12.3 Å². The zero-order valence-electron chi connectivity index (χ0n) is 15.3. The number of amides is 1. The largest absolute Gasteiger partial charge is 0.404 e. The third kappa shape index (κ3) is 3.33. The van der Waals surface area contributed by atoms with Crippen molar-refractivity contribution < 1.29 is 4.79 Å². The van der Waals surface area contributed by atoms with Gasteiger partial charge in [0, 0.05) is 36.1 Å². The Morgan fingerprint density at radius 2 is 2.30 bits per heavy atom. The molecule has 2 aromatic rings. The number of allylic oxidation sites excluding steroid dienone is 4. The van der Waals surface area contributed by atoms with Crippen LogP contribution in [0.1, 0.15) is 29.4 Å². The first-order chi connectivity index (χ1) is 13.1. The average Bonchev–Trinajstić information content (AvgIpc) is 3.08. The first-order valence-corrected chi connectivity index (χ1v) is 8.81. The number of nitrogens with one attached hydrogen (secondary N) is 2. The summed E-state index contributed by atoms with van der Waals surface area (Å²) in [6.45, 7) is 6.55. The van der Waals surface area contributed by atoms with Crippen molar-refractivity contribution in [2.75, 3.05) is 6.54 Å². The fourth-order valence-electron chi connectivity index (χ4n) is 3.20. The van der Waals surface area contributed by atoms with Crippen LogP contribution in [0.15, 0.2) is 61.0 Å². The van der Waals surface area contributed by atoms with Crippen LogP contribution in [0.5, 0.6) is 0 Å². The summed E-state index contributed by atoms with van der Waals surface area (Å²) < 4.78 is 0. The molecule has 3 heterocycles. The van der Waals surface area contributed by atoms with Crippen molar-refractivity contribution in [3.8, 4) is 0 Å². The third-order valence-electron chi connectivity index (χ3n) is 4.78. The van der Waals surface area contributed by atoms with Crippen LogP contribution in [0.25, 0.3) is 16.6 Å². The smallest absolute Gasteiger partial charge is 0.256 e. The monoisotopic (exact) mass is 361 g/mol. The van der Waals surface area contributed by atoms with Gasteiger partial charge in [-0.1, -0.05) is 30.9 Å². The molecule has 0 aromatic carbocycles. The lowest BCUT2D eigenvalue weighted by molar-refractivity contribution is 0.0540. The molecule has 1 fully saturated rings. The molecule has 2 aromatic heterocycles. The van der Waals surface area contributed by atoms with Crippen molar-refractivity contribution >= 4 is 28.7 Å². The number of rotatable bonds is 6. The molecule has 27 heavy (non-hydrogen) atoms. The Morgan fingerprint density at radius 1 is 1.48 bits per heavy atom. The second-order valence-electron chi connectivity index (χ2n) is 6.26. The Bertz CT molecular complexity index is 980. The van der Waals surface area contributed by atoms with E-state index < -0.39 is 0 Å². The Kier molecular flexibility index (Phi) is 5.35. The maximum absolute atomic E-state index is 13.1. The minimum Gasteiger partial charge on any atom is -0.404 e. The van der Waals surface area contributed by atoms with Crippen molar-refractivity contribution in [1.29, 1.82) is 5.41 Å². The van der Waals surface area contributed by atoms with Gasteiger partial charge in [0.1, 0.15) is 5.65 Å². The number of aromatic nitrogens is 2. The van der Waals surface area contributed by atoms with E-state index in [0.29, 0.717) is 22.5 Å². The standard InChI is InChI=1S/C21H23N5O/c1-3-5-6-14(4-2)19-9-10-26(19)21(27)17-13-24-20-16(17)7-8-18(25-20)15(11-22)12-23/h3-8,11-13,19,22H,2,9-10,23H2,1H3,(H,24,25)/b5-3-,14-6+,15-12?,22-11?. The number of nitrogens with two attached hydrogens (primary N) is 1. The molecule has 1 saturated heterocycles. The lowest BCUT2D eigenvalue weighted by Crippen LogP contribution is -2.51. The van der Waals surface area contributed by atoms with Crippen LogP contribution in [0, 0.1) is 5.41 Å². The van der Waals surface area contributed by atoms with E-state index in [2.05, 4.69) is 16.5 Å². The summed E-state index contributed by atoms with van der Waals surface area (Å²) in [4.78, 5) is 22.5. The van der Waals surface area contributed by atoms with Gasteiger partial charge in [-0.05, 0) is 31.1 Å². The average molecular weight is 361 g/mol. The van der Waals surface area contributed by atoms with Crippen molar-refractivity contribution in [3.05, 3.63) is 72.2 Å². The first-order valence-electron chi connectivity index (χ1n) is 8.81. The second kappa shape index (κ2) is 7.86.